The van der Waals surface area contributed by atoms with Gasteiger partial charge in [-0.1, -0.05) is 91.0 Å². The number of thiophene rings is 1. The first-order valence-electron chi connectivity index (χ1n) is 14.5. The number of hydrogen-bond acceptors (Lipinski definition) is 3. The Morgan fingerprint density at radius 3 is 2.02 bits per heavy atom. The van der Waals surface area contributed by atoms with Gasteiger partial charge in [-0.2, -0.15) is 0 Å². The molecule has 0 spiro atoms. The third kappa shape index (κ3) is 3.86. The number of rotatable bonds is 4. The van der Waals surface area contributed by atoms with Crippen LogP contribution in [-0.4, -0.2) is 0 Å². The molecule has 0 unspecified atom stereocenters. The first-order valence-corrected chi connectivity index (χ1v) is 15.3. The predicted molar refractivity (Wildman–Crippen MR) is 184 cm³/mol. The van der Waals surface area contributed by atoms with Gasteiger partial charge in [0.2, 0.25) is 0 Å². The van der Waals surface area contributed by atoms with Crippen LogP contribution in [0.5, 0.6) is 0 Å². The molecule has 2 heterocycles. The normalized spacial score (nSPS) is 11.7. The molecule has 0 amide bonds. The van der Waals surface area contributed by atoms with Crippen LogP contribution in [-0.2, 0) is 0 Å². The number of anilines is 3. The molecular formula is C40H25NOS. The molecule has 0 saturated heterocycles. The smallest absolute Gasteiger partial charge is 0.136 e. The van der Waals surface area contributed by atoms with Gasteiger partial charge in [0.1, 0.15) is 11.2 Å². The number of benzene rings is 7. The van der Waals surface area contributed by atoms with E-state index in [4.69, 9.17) is 4.42 Å². The van der Waals surface area contributed by atoms with Crippen molar-refractivity contribution in [1.82, 2.24) is 0 Å². The maximum absolute atomic E-state index is 6.34. The van der Waals surface area contributed by atoms with Crippen LogP contribution in [0.25, 0.3) is 64.0 Å². The summed E-state index contributed by atoms with van der Waals surface area (Å²) in [6.45, 7) is 0. The molecular weight excluding hydrogens is 543 g/mol. The van der Waals surface area contributed by atoms with Gasteiger partial charge in [0, 0.05) is 48.0 Å². The highest BCUT2D eigenvalue weighted by molar-refractivity contribution is 7.26. The quantitative estimate of drug-likeness (QED) is 0.210. The topological polar surface area (TPSA) is 16.4 Å². The van der Waals surface area contributed by atoms with Gasteiger partial charge in [0.05, 0.1) is 0 Å². The van der Waals surface area contributed by atoms with E-state index in [1.165, 1.54) is 42.1 Å². The largest absolute Gasteiger partial charge is 0.456 e. The third-order valence-corrected chi connectivity index (χ3v) is 9.57. The van der Waals surface area contributed by atoms with Crippen molar-refractivity contribution in [2.24, 2.45) is 0 Å². The molecule has 202 valence electrons. The highest BCUT2D eigenvalue weighted by atomic mass is 32.1. The van der Waals surface area contributed by atoms with Crippen LogP contribution < -0.4 is 4.90 Å². The Morgan fingerprint density at radius 1 is 0.442 bits per heavy atom. The molecule has 2 nitrogen and oxygen atoms in total. The Balaban J connectivity index is 1.30. The van der Waals surface area contributed by atoms with Crippen molar-refractivity contribution in [3.63, 3.8) is 0 Å². The maximum atomic E-state index is 6.34. The molecule has 3 heteroatoms. The second-order valence-corrected chi connectivity index (χ2v) is 12.0. The van der Waals surface area contributed by atoms with E-state index >= 15 is 0 Å². The monoisotopic (exact) mass is 567 g/mol. The molecule has 0 radical (unpaired) electrons. The van der Waals surface area contributed by atoms with Crippen LogP contribution in [0.15, 0.2) is 156 Å². The van der Waals surface area contributed by atoms with E-state index in [1.54, 1.807) is 0 Å². The summed E-state index contributed by atoms with van der Waals surface area (Å²) < 4.78 is 8.93. The first kappa shape index (κ1) is 24.2. The SMILES string of the molecule is c1ccc(-c2cccc3sc4ccc(N(c5ccccc5)c5ccc6oc7ccc8ccccc8c7c6c5)cc4c23)cc1. The Morgan fingerprint density at radius 2 is 1.16 bits per heavy atom. The number of hydrogen-bond donors (Lipinski definition) is 0. The standard InChI is InChI=1S/C40H25NOS/c1-3-10-26(11-4-1)32-16-9-17-38-40(32)34-25-30(20-23-37(34)43-38)41(28-13-5-2-6-14-28)29-19-22-35-33(24-29)39-31-15-8-7-12-27(31)18-21-36(39)42-35/h1-25H. The number of furan rings is 1. The fourth-order valence-corrected chi connectivity index (χ4v) is 7.62. The van der Waals surface area contributed by atoms with Crippen molar-refractivity contribution in [1.29, 1.82) is 0 Å². The predicted octanol–water partition coefficient (Wildman–Crippen LogP) is 12.2. The summed E-state index contributed by atoms with van der Waals surface area (Å²) in [5.74, 6) is 0. The summed E-state index contributed by atoms with van der Waals surface area (Å²) in [6, 6.07) is 54.2. The number of fused-ring (bicyclic) bond motifs is 8. The fraction of sp³-hybridized carbons (Fsp3) is 0. The lowest BCUT2D eigenvalue weighted by Gasteiger charge is -2.25. The van der Waals surface area contributed by atoms with Crippen molar-refractivity contribution in [3.05, 3.63) is 152 Å². The lowest BCUT2D eigenvalue weighted by Crippen LogP contribution is -2.09. The summed E-state index contributed by atoms with van der Waals surface area (Å²) in [5, 5.41) is 7.30. The zero-order chi connectivity index (χ0) is 28.3. The summed E-state index contributed by atoms with van der Waals surface area (Å²) in [7, 11) is 0. The molecule has 0 atom stereocenters. The van der Waals surface area contributed by atoms with Crippen LogP contribution in [0.1, 0.15) is 0 Å². The van der Waals surface area contributed by atoms with Gasteiger partial charge in [-0.3, -0.25) is 0 Å². The molecule has 2 aromatic heterocycles. The van der Waals surface area contributed by atoms with E-state index in [-0.39, 0.29) is 0 Å². The van der Waals surface area contributed by atoms with Gasteiger partial charge in [0.25, 0.3) is 0 Å². The maximum Gasteiger partial charge on any atom is 0.136 e. The van der Waals surface area contributed by atoms with Crippen molar-refractivity contribution < 1.29 is 4.42 Å². The minimum atomic E-state index is 0.898. The molecule has 43 heavy (non-hydrogen) atoms. The zero-order valence-electron chi connectivity index (χ0n) is 23.2. The van der Waals surface area contributed by atoms with Gasteiger partial charge >= 0.3 is 0 Å². The average molecular weight is 568 g/mol. The molecule has 0 aliphatic heterocycles. The van der Waals surface area contributed by atoms with E-state index in [0.717, 1.165) is 39.0 Å². The van der Waals surface area contributed by atoms with Crippen LogP contribution in [0, 0.1) is 0 Å². The second-order valence-electron chi connectivity index (χ2n) is 10.9. The van der Waals surface area contributed by atoms with Gasteiger partial charge in [-0.15, -0.1) is 11.3 Å². The Bertz CT molecular complexity index is 2460. The van der Waals surface area contributed by atoms with E-state index in [2.05, 4.69) is 157 Å². The molecule has 0 aliphatic carbocycles. The molecule has 0 bridgehead atoms. The molecule has 7 aromatic carbocycles. The fourth-order valence-electron chi connectivity index (χ4n) is 6.51. The lowest BCUT2D eigenvalue weighted by atomic mass is 9.99. The van der Waals surface area contributed by atoms with Crippen molar-refractivity contribution in [3.8, 4) is 11.1 Å². The molecule has 0 N–H and O–H groups in total. The highest BCUT2D eigenvalue weighted by Gasteiger charge is 2.18. The minimum Gasteiger partial charge on any atom is -0.456 e. The minimum absolute atomic E-state index is 0.898. The van der Waals surface area contributed by atoms with E-state index in [9.17, 15) is 0 Å². The van der Waals surface area contributed by atoms with Gasteiger partial charge in [-0.05, 0) is 82.6 Å². The van der Waals surface area contributed by atoms with Gasteiger partial charge in [0.15, 0.2) is 0 Å². The summed E-state index contributed by atoms with van der Waals surface area (Å²) >= 11 is 1.86. The Kier molecular flexibility index (Phi) is 5.40. The average Bonchev–Trinajstić information content (AvgIpc) is 3.64. The van der Waals surface area contributed by atoms with Crippen molar-refractivity contribution >= 4 is 81.3 Å². The first-order chi connectivity index (χ1) is 21.3. The molecule has 0 aliphatic rings. The van der Waals surface area contributed by atoms with Crippen LogP contribution in [0.3, 0.4) is 0 Å². The highest BCUT2D eigenvalue weighted by Crippen LogP contribution is 2.45. The van der Waals surface area contributed by atoms with Crippen LogP contribution >= 0.6 is 11.3 Å². The van der Waals surface area contributed by atoms with E-state index < -0.39 is 0 Å². The van der Waals surface area contributed by atoms with Crippen LogP contribution in [0.4, 0.5) is 17.1 Å². The zero-order valence-corrected chi connectivity index (χ0v) is 24.0. The summed E-state index contributed by atoms with van der Waals surface area (Å²) in [6.07, 6.45) is 0. The molecule has 9 aromatic rings. The lowest BCUT2D eigenvalue weighted by molar-refractivity contribution is 0.669. The van der Waals surface area contributed by atoms with Gasteiger partial charge < -0.3 is 9.32 Å². The van der Waals surface area contributed by atoms with Crippen molar-refractivity contribution in [2.45, 2.75) is 0 Å². The second kappa shape index (κ2) is 9.59. The van der Waals surface area contributed by atoms with E-state index in [1.807, 2.05) is 11.3 Å². The molecule has 0 fully saturated rings. The van der Waals surface area contributed by atoms with E-state index in [0.29, 0.717) is 0 Å². The Hall–Kier alpha value is -5.38. The molecule has 0 saturated carbocycles. The van der Waals surface area contributed by atoms with Crippen molar-refractivity contribution in [2.75, 3.05) is 4.90 Å². The number of nitrogens with zero attached hydrogens (tertiary/aromatic N) is 1. The third-order valence-electron chi connectivity index (χ3n) is 8.44. The molecule has 9 rings (SSSR count). The summed E-state index contributed by atoms with van der Waals surface area (Å²) in [4.78, 5) is 2.36. The van der Waals surface area contributed by atoms with Gasteiger partial charge in [-0.25, -0.2) is 0 Å². The number of para-hydroxylation sites is 1. The summed E-state index contributed by atoms with van der Waals surface area (Å²) in [5.41, 5.74) is 7.65. The van der Waals surface area contributed by atoms with Crippen LogP contribution in [0.2, 0.25) is 0 Å². The Labute approximate surface area is 252 Å².